The number of unbranched alkanes of at least 4 members (excludes halogenated alkanes) is 1. The normalized spacial score (nSPS) is 15.8. The number of nitriles is 1. The smallest absolute Gasteiger partial charge is 0.244 e. The summed E-state index contributed by atoms with van der Waals surface area (Å²) in [5.41, 5.74) is 5.95. The highest BCUT2D eigenvalue weighted by atomic mass is 16.5. The van der Waals surface area contributed by atoms with Crippen LogP contribution >= 0.6 is 0 Å². The van der Waals surface area contributed by atoms with Crippen LogP contribution in [0.15, 0.2) is 24.3 Å². The van der Waals surface area contributed by atoms with Crippen molar-refractivity contribution in [3.05, 3.63) is 24.3 Å². The van der Waals surface area contributed by atoms with Crippen molar-refractivity contribution in [3.8, 4) is 11.8 Å². The molecule has 106 valence electrons. The fraction of sp³-hybridized carbons (Fsp3) is 0.467. The van der Waals surface area contributed by atoms with Gasteiger partial charge in [-0.2, -0.15) is 5.26 Å². The molecule has 1 aliphatic carbocycles. The third-order valence-corrected chi connectivity index (χ3v) is 3.49. The molecule has 0 aliphatic heterocycles. The largest absolute Gasteiger partial charge is 0.493 e. The maximum Gasteiger partial charge on any atom is 0.244 e. The third kappa shape index (κ3) is 3.49. The molecule has 0 spiro atoms. The molecule has 1 aromatic carbocycles. The summed E-state index contributed by atoms with van der Waals surface area (Å²) in [6.07, 6.45) is 3.66. The minimum Gasteiger partial charge on any atom is -0.493 e. The second-order valence-electron chi connectivity index (χ2n) is 5.10. The van der Waals surface area contributed by atoms with Crippen LogP contribution in [0.25, 0.3) is 0 Å². The Morgan fingerprint density at radius 2 is 2.30 bits per heavy atom. The molecule has 0 radical (unpaired) electrons. The van der Waals surface area contributed by atoms with Gasteiger partial charge in [0.1, 0.15) is 5.75 Å². The summed E-state index contributed by atoms with van der Waals surface area (Å²) < 4.78 is 5.52. The number of benzene rings is 1. The number of amides is 1. The number of rotatable bonds is 6. The summed E-state index contributed by atoms with van der Waals surface area (Å²) in [5.74, 6) is 0.547. The van der Waals surface area contributed by atoms with Crippen molar-refractivity contribution in [2.24, 2.45) is 5.73 Å². The molecule has 0 atom stereocenters. The summed E-state index contributed by atoms with van der Waals surface area (Å²) >= 11 is 0. The van der Waals surface area contributed by atoms with Gasteiger partial charge in [0.15, 0.2) is 0 Å². The number of nitrogens with two attached hydrogens (primary N) is 1. The molecule has 0 heterocycles. The lowest BCUT2D eigenvalue weighted by Gasteiger charge is -2.36. The number of ether oxygens (including phenoxy) is 1. The molecular weight excluding hydrogens is 254 g/mol. The lowest BCUT2D eigenvalue weighted by Crippen LogP contribution is -2.56. The molecule has 5 nitrogen and oxygen atoms in total. The van der Waals surface area contributed by atoms with Crippen LogP contribution in [0, 0.1) is 11.3 Å². The predicted molar refractivity (Wildman–Crippen MR) is 76.2 cm³/mol. The maximum absolute atomic E-state index is 12.0. The molecule has 1 saturated carbocycles. The molecule has 0 saturated heterocycles. The second kappa shape index (κ2) is 6.40. The Kier molecular flexibility index (Phi) is 4.59. The van der Waals surface area contributed by atoms with Gasteiger partial charge in [-0.25, -0.2) is 0 Å². The number of carbonyl (C=O) groups is 1. The zero-order chi connectivity index (χ0) is 14.4. The Morgan fingerprint density at radius 1 is 1.50 bits per heavy atom. The van der Waals surface area contributed by atoms with Crippen LogP contribution in [-0.2, 0) is 4.79 Å². The minimum absolute atomic E-state index is 0.134. The van der Waals surface area contributed by atoms with Gasteiger partial charge >= 0.3 is 0 Å². The Labute approximate surface area is 118 Å². The monoisotopic (exact) mass is 273 g/mol. The van der Waals surface area contributed by atoms with E-state index in [0.29, 0.717) is 30.9 Å². The fourth-order valence-corrected chi connectivity index (χ4v) is 2.05. The maximum atomic E-state index is 12.0. The molecule has 1 aromatic rings. The number of carbonyl (C=O) groups excluding carboxylic acids is 1. The highest BCUT2D eigenvalue weighted by Crippen LogP contribution is 2.30. The van der Waals surface area contributed by atoms with Crippen molar-refractivity contribution in [2.75, 3.05) is 11.9 Å². The van der Waals surface area contributed by atoms with Gasteiger partial charge in [0, 0.05) is 18.2 Å². The van der Waals surface area contributed by atoms with Crippen LogP contribution in [0.4, 0.5) is 5.69 Å². The first-order valence-corrected chi connectivity index (χ1v) is 6.84. The van der Waals surface area contributed by atoms with Crippen LogP contribution < -0.4 is 15.8 Å². The van der Waals surface area contributed by atoms with E-state index in [2.05, 4.69) is 11.4 Å². The molecule has 1 amide bonds. The van der Waals surface area contributed by atoms with Crippen LogP contribution in [0.2, 0.25) is 0 Å². The van der Waals surface area contributed by atoms with Gasteiger partial charge in [-0.15, -0.1) is 0 Å². The molecule has 5 heteroatoms. The number of anilines is 1. The predicted octanol–water partition coefficient (Wildman–Crippen LogP) is 2.19. The molecule has 1 fully saturated rings. The Hall–Kier alpha value is -2.06. The highest BCUT2D eigenvalue weighted by molar-refractivity contribution is 5.98. The summed E-state index contributed by atoms with van der Waals surface area (Å²) in [5, 5.41) is 11.3. The molecular formula is C15H19N3O2. The van der Waals surface area contributed by atoms with E-state index in [4.69, 9.17) is 15.7 Å². The van der Waals surface area contributed by atoms with E-state index in [1.807, 2.05) is 18.2 Å². The summed E-state index contributed by atoms with van der Waals surface area (Å²) in [7, 11) is 0. The zero-order valence-corrected chi connectivity index (χ0v) is 11.4. The topological polar surface area (TPSA) is 88.1 Å². The van der Waals surface area contributed by atoms with E-state index >= 15 is 0 Å². The second-order valence-corrected chi connectivity index (χ2v) is 5.10. The SMILES string of the molecule is N#CCCCOc1cccc(NC(=O)C2(N)CCC2)c1. The van der Waals surface area contributed by atoms with Crippen LogP contribution in [0.5, 0.6) is 5.75 Å². The number of nitrogens with one attached hydrogen (secondary N) is 1. The third-order valence-electron chi connectivity index (χ3n) is 3.49. The van der Waals surface area contributed by atoms with Gasteiger partial charge in [0.05, 0.1) is 18.2 Å². The summed E-state index contributed by atoms with van der Waals surface area (Å²) in [4.78, 5) is 12.0. The van der Waals surface area contributed by atoms with Crippen LogP contribution in [0.1, 0.15) is 32.1 Å². The van der Waals surface area contributed by atoms with E-state index in [1.54, 1.807) is 6.07 Å². The average molecular weight is 273 g/mol. The highest BCUT2D eigenvalue weighted by Gasteiger charge is 2.40. The first-order valence-electron chi connectivity index (χ1n) is 6.84. The van der Waals surface area contributed by atoms with Crippen LogP contribution in [-0.4, -0.2) is 18.1 Å². The lowest BCUT2D eigenvalue weighted by molar-refractivity contribution is -0.123. The van der Waals surface area contributed by atoms with E-state index < -0.39 is 5.54 Å². The van der Waals surface area contributed by atoms with Gasteiger partial charge in [-0.05, 0) is 37.8 Å². The zero-order valence-electron chi connectivity index (χ0n) is 11.4. The van der Waals surface area contributed by atoms with E-state index in [-0.39, 0.29) is 5.91 Å². The van der Waals surface area contributed by atoms with Gasteiger partial charge in [0.2, 0.25) is 5.91 Å². The molecule has 20 heavy (non-hydrogen) atoms. The van der Waals surface area contributed by atoms with Crippen molar-refractivity contribution < 1.29 is 9.53 Å². The number of hydrogen-bond donors (Lipinski definition) is 2. The van der Waals surface area contributed by atoms with Gasteiger partial charge in [-0.3, -0.25) is 4.79 Å². The van der Waals surface area contributed by atoms with E-state index in [9.17, 15) is 4.79 Å². The quantitative estimate of drug-likeness (QED) is 0.778. The number of nitrogens with zero attached hydrogens (tertiary/aromatic N) is 1. The average Bonchev–Trinajstić information content (AvgIpc) is 2.41. The summed E-state index contributed by atoms with van der Waals surface area (Å²) in [6, 6.07) is 9.29. The van der Waals surface area contributed by atoms with Gasteiger partial charge in [-0.1, -0.05) is 6.07 Å². The Bertz CT molecular complexity index is 518. The van der Waals surface area contributed by atoms with Crippen molar-refractivity contribution in [1.82, 2.24) is 0 Å². The van der Waals surface area contributed by atoms with Crippen LogP contribution in [0.3, 0.4) is 0 Å². The lowest BCUT2D eigenvalue weighted by atomic mass is 9.77. The minimum atomic E-state index is -0.705. The number of hydrogen-bond acceptors (Lipinski definition) is 4. The summed E-state index contributed by atoms with van der Waals surface area (Å²) in [6.45, 7) is 0.492. The standard InChI is InChI=1S/C15H19N3O2/c16-9-1-2-10-20-13-6-3-5-12(11-13)18-14(19)15(17)7-4-8-15/h3,5-6,11H,1-2,4,7-8,10,17H2,(H,18,19). The molecule has 3 N–H and O–H groups in total. The van der Waals surface area contributed by atoms with Crippen molar-refractivity contribution in [3.63, 3.8) is 0 Å². The molecule has 1 aliphatic rings. The van der Waals surface area contributed by atoms with E-state index in [0.717, 1.165) is 19.3 Å². The molecule has 0 aromatic heterocycles. The molecule has 0 bridgehead atoms. The Morgan fingerprint density at radius 3 is 2.95 bits per heavy atom. The first kappa shape index (κ1) is 14.4. The molecule has 0 unspecified atom stereocenters. The van der Waals surface area contributed by atoms with Gasteiger partial charge < -0.3 is 15.8 Å². The van der Waals surface area contributed by atoms with Crippen molar-refractivity contribution >= 4 is 11.6 Å². The van der Waals surface area contributed by atoms with Crippen molar-refractivity contribution in [2.45, 2.75) is 37.6 Å². The Balaban J connectivity index is 1.89. The fourth-order valence-electron chi connectivity index (χ4n) is 2.05. The first-order chi connectivity index (χ1) is 9.64. The van der Waals surface area contributed by atoms with Crippen molar-refractivity contribution in [1.29, 1.82) is 5.26 Å². The molecule has 2 rings (SSSR count). The van der Waals surface area contributed by atoms with E-state index in [1.165, 1.54) is 0 Å². The van der Waals surface area contributed by atoms with Gasteiger partial charge in [0.25, 0.3) is 0 Å².